The van der Waals surface area contributed by atoms with Crippen LogP contribution < -0.4 is 0 Å². The maximum Gasteiger partial charge on any atom is 0.246 e. The Bertz CT molecular complexity index is 542. The molecule has 0 atom stereocenters. The number of halogens is 1. The van der Waals surface area contributed by atoms with Crippen molar-refractivity contribution >= 4 is 21.6 Å². The first kappa shape index (κ1) is 17.4. The standard InChI is InChI=1S/C12H22ClN3O3S/c1-10-12(11(2)16(14-10)7-5-6-13)20(17,18)15(3)8-9-19-4/h5-9H2,1-4H3. The number of nitrogens with zero attached hydrogens (tertiary/aromatic N) is 3. The van der Waals surface area contributed by atoms with Crippen molar-refractivity contribution in [1.82, 2.24) is 14.1 Å². The van der Waals surface area contributed by atoms with Crippen LogP contribution in [0.5, 0.6) is 0 Å². The molecule has 0 saturated carbocycles. The average Bonchev–Trinajstić information content (AvgIpc) is 2.68. The van der Waals surface area contributed by atoms with Gasteiger partial charge in [-0.05, 0) is 20.3 Å². The van der Waals surface area contributed by atoms with Gasteiger partial charge < -0.3 is 4.74 Å². The maximum absolute atomic E-state index is 12.6. The van der Waals surface area contributed by atoms with Gasteiger partial charge >= 0.3 is 0 Å². The molecule has 6 nitrogen and oxygen atoms in total. The Morgan fingerprint density at radius 3 is 2.60 bits per heavy atom. The molecule has 0 unspecified atom stereocenters. The second-order valence-corrected chi connectivity index (χ2v) is 6.94. The minimum atomic E-state index is -3.54. The molecule has 20 heavy (non-hydrogen) atoms. The lowest BCUT2D eigenvalue weighted by molar-refractivity contribution is 0.185. The first-order valence-corrected chi connectivity index (χ1v) is 8.39. The SMILES string of the molecule is COCCN(C)S(=O)(=O)c1c(C)nn(CCCCl)c1C. The molecule has 0 radical (unpaired) electrons. The van der Waals surface area contributed by atoms with Crippen molar-refractivity contribution in [2.24, 2.45) is 0 Å². The third-order valence-corrected chi connectivity index (χ3v) is 5.47. The van der Waals surface area contributed by atoms with Crippen molar-refractivity contribution in [1.29, 1.82) is 0 Å². The van der Waals surface area contributed by atoms with Crippen molar-refractivity contribution in [2.45, 2.75) is 31.7 Å². The Balaban J connectivity index is 3.09. The van der Waals surface area contributed by atoms with Gasteiger partial charge in [-0.15, -0.1) is 11.6 Å². The van der Waals surface area contributed by atoms with Crippen LogP contribution in [0.15, 0.2) is 4.90 Å². The molecule has 0 N–H and O–H groups in total. The Morgan fingerprint density at radius 1 is 1.40 bits per heavy atom. The highest BCUT2D eigenvalue weighted by atomic mass is 35.5. The van der Waals surface area contributed by atoms with Gasteiger partial charge in [0.15, 0.2) is 0 Å². The lowest BCUT2D eigenvalue weighted by Crippen LogP contribution is -2.30. The van der Waals surface area contributed by atoms with Gasteiger partial charge in [0.1, 0.15) is 4.90 Å². The Hall–Kier alpha value is -0.630. The molecule has 0 fully saturated rings. The normalized spacial score (nSPS) is 12.3. The van der Waals surface area contributed by atoms with Crippen molar-refractivity contribution in [3.63, 3.8) is 0 Å². The number of aryl methyl sites for hydroxylation is 2. The summed E-state index contributed by atoms with van der Waals surface area (Å²) < 4.78 is 33.0. The number of rotatable bonds is 8. The first-order chi connectivity index (χ1) is 9.36. The van der Waals surface area contributed by atoms with Crippen LogP contribution >= 0.6 is 11.6 Å². The van der Waals surface area contributed by atoms with Crippen molar-refractivity contribution < 1.29 is 13.2 Å². The number of hydrogen-bond donors (Lipinski definition) is 0. The summed E-state index contributed by atoms with van der Waals surface area (Å²) in [5.41, 5.74) is 1.17. The highest BCUT2D eigenvalue weighted by Gasteiger charge is 2.28. The van der Waals surface area contributed by atoms with E-state index >= 15 is 0 Å². The second-order valence-electron chi connectivity index (χ2n) is 4.58. The van der Waals surface area contributed by atoms with Crippen LogP contribution in [0, 0.1) is 13.8 Å². The minimum absolute atomic E-state index is 0.283. The molecule has 0 aliphatic heterocycles. The van der Waals surface area contributed by atoms with Gasteiger partial charge in [0.05, 0.1) is 18.0 Å². The third-order valence-electron chi connectivity index (χ3n) is 3.10. The summed E-state index contributed by atoms with van der Waals surface area (Å²) in [6, 6.07) is 0. The number of ether oxygens (including phenoxy) is 1. The summed E-state index contributed by atoms with van der Waals surface area (Å²) in [6.07, 6.45) is 0.752. The number of sulfonamides is 1. The zero-order valence-electron chi connectivity index (χ0n) is 12.4. The van der Waals surface area contributed by atoms with E-state index in [2.05, 4.69) is 5.10 Å². The summed E-state index contributed by atoms with van der Waals surface area (Å²) in [5.74, 6) is 0.522. The van der Waals surface area contributed by atoms with Crippen molar-refractivity contribution in [2.75, 3.05) is 33.2 Å². The van der Waals surface area contributed by atoms with E-state index in [9.17, 15) is 8.42 Å². The molecule has 0 amide bonds. The first-order valence-electron chi connectivity index (χ1n) is 6.41. The van der Waals surface area contributed by atoms with E-state index < -0.39 is 10.0 Å². The highest BCUT2D eigenvalue weighted by molar-refractivity contribution is 7.89. The van der Waals surface area contributed by atoms with Gasteiger partial charge in [-0.25, -0.2) is 8.42 Å². The molecule has 0 saturated heterocycles. The summed E-state index contributed by atoms with van der Waals surface area (Å²) in [7, 11) is -0.452. The van der Waals surface area contributed by atoms with Gasteiger partial charge in [0.25, 0.3) is 0 Å². The van der Waals surface area contributed by atoms with Crippen LogP contribution in [-0.4, -0.2) is 55.7 Å². The molecule has 0 bridgehead atoms. The molecule has 0 aliphatic carbocycles. The monoisotopic (exact) mass is 323 g/mol. The second kappa shape index (κ2) is 7.40. The molecule has 1 rings (SSSR count). The van der Waals surface area contributed by atoms with E-state index in [0.717, 1.165) is 6.42 Å². The zero-order valence-corrected chi connectivity index (χ0v) is 14.0. The summed E-state index contributed by atoms with van der Waals surface area (Å²) in [6.45, 7) is 4.76. The van der Waals surface area contributed by atoms with Gasteiger partial charge in [0, 0.05) is 33.1 Å². The van der Waals surface area contributed by atoms with Gasteiger partial charge in [-0.1, -0.05) is 0 Å². The number of alkyl halides is 1. The Labute approximate surface area is 125 Å². The lowest BCUT2D eigenvalue weighted by atomic mass is 10.4. The molecule has 0 aliphatic rings. The molecule has 0 spiro atoms. The van der Waals surface area contributed by atoms with E-state index in [1.165, 1.54) is 4.31 Å². The topological polar surface area (TPSA) is 64.4 Å². The van der Waals surface area contributed by atoms with E-state index in [-0.39, 0.29) is 4.90 Å². The van der Waals surface area contributed by atoms with Gasteiger partial charge in [0.2, 0.25) is 10.0 Å². The van der Waals surface area contributed by atoms with E-state index in [1.807, 2.05) is 0 Å². The predicted molar refractivity (Wildman–Crippen MR) is 78.7 cm³/mol. The van der Waals surface area contributed by atoms with Crippen LogP contribution in [-0.2, 0) is 21.3 Å². The van der Waals surface area contributed by atoms with Crippen LogP contribution in [0.3, 0.4) is 0 Å². The molecule has 116 valence electrons. The summed E-state index contributed by atoms with van der Waals surface area (Å²) in [5, 5.41) is 4.30. The smallest absolute Gasteiger partial charge is 0.246 e. The predicted octanol–water partition coefficient (Wildman–Crippen LogP) is 1.40. The fourth-order valence-corrected chi connectivity index (χ4v) is 3.62. The van der Waals surface area contributed by atoms with Crippen LogP contribution in [0.4, 0.5) is 0 Å². The molecular weight excluding hydrogens is 302 g/mol. The number of likely N-dealkylation sites (N-methyl/N-ethyl adjacent to an activating group) is 1. The summed E-state index contributed by atoms with van der Waals surface area (Å²) >= 11 is 5.67. The van der Waals surface area contributed by atoms with E-state index in [1.54, 1.807) is 32.7 Å². The fourth-order valence-electron chi connectivity index (χ4n) is 1.98. The fraction of sp³-hybridized carbons (Fsp3) is 0.750. The van der Waals surface area contributed by atoms with E-state index in [4.69, 9.17) is 16.3 Å². The molecule has 0 aromatic carbocycles. The maximum atomic E-state index is 12.6. The molecular formula is C12H22ClN3O3S. The largest absolute Gasteiger partial charge is 0.383 e. The number of methoxy groups -OCH3 is 1. The third kappa shape index (κ3) is 3.72. The van der Waals surface area contributed by atoms with Gasteiger partial charge in [-0.3, -0.25) is 4.68 Å². The Kier molecular flexibility index (Phi) is 6.44. The van der Waals surface area contributed by atoms with Crippen molar-refractivity contribution in [3.8, 4) is 0 Å². The number of hydrogen-bond acceptors (Lipinski definition) is 4. The van der Waals surface area contributed by atoms with Gasteiger partial charge in [-0.2, -0.15) is 9.40 Å². The lowest BCUT2D eigenvalue weighted by Gasteiger charge is -2.17. The highest BCUT2D eigenvalue weighted by Crippen LogP contribution is 2.22. The molecule has 1 aromatic heterocycles. The Morgan fingerprint density at radius 2 is 2.05 bits per heavy atom. The summed E-state index contributed by atoms with van der Waals surface area (Å²) in [4.78, 5) is 0.283. The molecule has 1 aromatic rings. The molecule has 8 heteroatoms. The zero-order chi connectivity index (χ0) is 15.3. The number of aromatic nitrogens is 2. The van der Waals surface area contributed by atoms with Crippen LogP contribution in [0.2, 0.25) is 0 Å². The quantitative estimate of drug-likeness (QED) is 0.678. The van der Waals surface area contributed by atoms with Crippen LogP contribution in [0.1, 0.15) is 17.8 Å². The minimum Gasteiger partial charge on any atom is -0.383 e. The van der Waals surface area contributed by atoms with Crippen molar-refractivity contribution in [3.05, 3.63) is 11.4 Å². The average molecular weight is 324 g/mol. The van der Waals surface area contributed by atoms with E-state index in [0.29, 0.717) is 37.0 Å². The van der Waals surface area contributed by atoms with Crippen LogP contribution in [0.25, 0.3) is 0 Å². The molecule has 1 heterocycles.